The Hall–Kier alpha value is -0.830. The second-order valence-electron chi connectivity index (χ2n) is 5.93. The van der Waals surface area contributed by atoms with Gasteiger partial charge >= 0.3 is 0 Å². The number of rotatable bonds is 4. The van der Waals surface area contributed by atoms with Gasteiger partial charge < -0.3 is 9.88 Å². The minimum Gasteiger partial charge on any atom is -0.334 e. The highest BCUT2D eigenvalue weighted by molar-refractivity contribution is 5.07. The Bertz CT molecular complexity index is 360. The van der Waals surface area contributed by atoms with E-state index in [2.05, 4.69) is 21.1 Å². The van der Waals surface area contributed by atoms with Gasteiger partial charge in [0.05, 0.1) is 6.33 Å². The first-order valence-corrected chi connectivity index (χ1v) is 7.67. The third kappa shape index (κ3) is 2.77. The molecule has 1 aromatic heterocycles. The van der Waals surface area contributed by atoms with Gasteiger partial charge in [0, 0.05) is 30.4 Å². The maximum Gasteiger partial charge on any atom is 0.0948 e. The van der Waals surface area contributed by atoms with Gasteiger partial charge in [0.25, 0.3) is 0 Å². The van der Waals surface area contributed by atoms with E-state index in [-0.39, 0.29) is 0 Å². The van der Waals surface area contributed by atoms with E-state index in [0.717, 1.165) is 18.5 Å². The van der Waals surface area contributed by atoms with Crippen LogP contribution in [-0.2, 0) is 6.54 Å². The van der Waals surface area contributed by atoms with Crippen LogP contribution in [0.15, 0.2) is 12.5 Å². The normalized spacial score (nSPS) is 25.7. The molecule has 0 radical (unpaired) electrons. The van der Waals surface area contributed by atoms with E-state index in [9.17, 15) is 0 Å². The van der Waals surface area contributed by atoms with Gasteiger partial charge in [-0.15, -0.1) is 0 Å². The Labute approximate surface area is 110 Å². The third-order valence-corrected chi connectivity index (χ3v) is 4.65. The van der Waals surface area contributed by atoms with E-state index in [4.69, 9.17) is 0 Å². The second-order valence-corrected chi connectivity index (χ2v) is 5.93. The van der Waals surface area contributed by atoms with Crippen molar-refractivity contribution in [1.29, 1.82) is 0 Å². The summed E-state index contributed by atoms with van der Waals surface area (Å²) in [6.45, 7) is 2.35. The average molecular weight is 247 g/mol. The molecule has 2 fully saturated rings. The van der Waals surface area contributed by atoms with Crippen LogP contribution in [0.1, 0.15) is 63.0 Å². The van der Waals surface area contributed by atoms with Crippen molar-refractivity contribution in [1.82, 2.24) is 14.9 Å². The highest BCUT2D eigenvalue weighted by atomic mass is 15.1. The molecule has 3 nitrogen and oxygen atoms in total. The summed E-state index contributed by atoms with van der Waals surface area (Å²) in [5.41, 5.74) is 1.49. The molecular weight excluding hydrogens is 222 g/mol. The van der Waals surface area contributed by atoms with Gasteiger partial charge in [0.2, 0.25) is 0 Å². The fourth-order valence-corrected chi connectivity index (χ4v) is 3.55. The van der Waals surface area contributed by atoms with Gasteiger partial charge in [-0.3, -0.25) is 0 Å². The molecule has 1 saturated carbocycles. The molecule has 1 aliphatic heterocycles. The van der Waals surface area contributed by atoms with Crippen molar-refractivity contribution in [3.05, 3.63) is 18.2 Å². The van der Waals surface area contributed by atoms with Gasteiger partial charge in [-0.25, -0.2) is 4.98 Å². The molecule has 3 heteroatoms. The molecule has 0 bridgehead atoms. The molecule has 1 unspecified atom stereocenters. The first kappa shape index (κ1) is 12.2. The smallest absolute Gasteiger partial charge is 0.0948 e. The fourth-order valence-electron chi connectivity index (χ4n) is 3.55. The Morgan fingerprint density at radius 2 is 2.06 bits per heavy atom. The molecule has 1 atom stereocenters. The van der Waals surface area contributed by atoms with Gasteiger partial charge in [0.15, 0.2) is 0 Å². The van der Waals surface area contributed by atoms with E-state index in [1.165, 1.54) is 63.6 Å². The van der Waals surface area contributed by atoms with Crippen molar-refractivity contribution < 1.29 is 0 Å². The number of aromatic nitrogens is 2. The lowest BCUT2D eigenvalue weighted by Crippen LogP contribution is -2.23. The molecule has 100 valence electrons. The van der Waals surface area contributed by atoms with E-state index in [1.54, 1.807) is 0 Å². The minimum atomic E-state index is 0.742. The summed E-state index contributed by atoms with van der Waals surface area (Å²) >= 11 is 0. The average Bonchev–Trinajstić information content (AvgIpc) is 3.09. The SMILES string of the molecule is c1ncn(CCC2CCCN2)c1C1CCCCC1. The maximum absolute atomic E-state index is 4.39. The number of nitrogens with one attached hydrogen (secondary N) is 1. The van der Waals surface area contributed by atoms with Crippen LogP contribution in [0.25, 0.3) is 0 Å². The summed E-state index contributed by atoms with van der Waals surface area (Å²) in [4.78, 5) is 4.39. The van der Waals surface area contributed by atoms with Gasteiger partial charge in [0.1, 0.15) is 0 Å². The van der Waals surface area contributed by atoms with Crippen molar-refractivity contribution in [2.24, 2.45) is 0 Å². The van der Waals surface area contributed by atoms with Crippen molar-refractivity contribution in [3.63, 3.8) is 0 Å². The lowest BCUT2D eigenvalue weighted by atomic mass is 9.87. The summed E-state index contributed by atoms with van der Waals surface area (Å²) in [6, 6.07) is 0.742. The monoisotopic (exact) mass is 247 g/mol. The predicted octanol–water partition coefficient (Wildman–Crippen LogP) is 3.07. The zero-order valence-corrected chi connectivity index (χ0v) is 11.3. The summed E-state index contributed by atoms with van der Waals surface area (Å²) < 4.78 is 2.41. The molecule has 3 rings (SSSR count). The van der Waals surface area contributed by atoms with Crippen molar-refractivity contribution in [2.75, 3.05) is 6.54 Å². The van der Waals surface area contributed by atoms with Crippen LogP contribution in [0.5, 0.6) is 0 Å². The summed E-state index contributed by atoms with van der Waals surface area (Å²) in [6.07, 6.45) is 15.1. The zero-order valence-electron chi connectivity index (χ0n) is 11.3. The molecule has 0 spiro atoms. The van der Waals surface area contributed by atoms with Crippen LogP contribution in [0.2, 0.25) is 0 Å². The molecule has 1 aromatic rings. The van der Waals surface area contributed by atoms with Crippen molar-refractivity contribution >= 4 is 0 Å². The Kier molecular flexibility index (Phi) is 3.99. The van der Waals surface area contributed by atoms with Crippen LogP contribution in [0.4, 0.5) is 0 Å². The van der Waals surface area contributed by atoms with Crippen LogP contribution in [0.3, 0.4) is 0 Å². The Morgan fingerprint density at radius 1 is 1.17 bits per heavy atom. The number of nitrogens with zero attached hydrogens (tertiary/aromatic N) is 2. The van der Waals surface area contributed by atoms with Crippen molar-refractivity contribution in [2.45, 2.75) is 69.9 Å². The lowest BCUT2D eigenvalue weighted by molar-refractivity contribution is 0.415. The Balaban J connectivity index is 1.59. The number of hydrogen-bond acceptors (Lipinski definition) is 2. The maximum atomic E-state index is 4.39. The molecule has 1 aliphatic carbocycles. The topological polar surface area (TPSA) is 29.9 Å². The largest absolute Gasteiger partial charge is 0.334 e. The van der Waals surface area contributed by atoms with E-state index < -0.39 is 0 Å². The molecule has 1 N–H and O–H groups in total. The van der Waals surface area contributed by atoms with Crippen molar-refractivity contribution in [3.8, 4) is 0 Å². The summed E-state index contributed by atoms with van der Waals surface area (Å²) in [5, 5.41) is 3.58. The zero-order chi connectivity index (χ0) is 12.2. The highest BCUT2D eigenvalue weighted by Gasteiger charge is 2.20. The molecule has 2 aliphatic rings. The van der Waals surface area contributed by atoms with Crippen LogP contribution in [0, 0.1) is 0 Å². The predicted molar refractivity (Wildman–Crippen MR) is 73.7 cm³/mol. The summed E-state index contributed by atoms with van der Waals surface area (Å²) in [5.74, 6) is 0.776. The first-order chi connectivity index (χ1) is 8.93. The second kappa shape index (κ2) is 5.87. The van der Waals surface area contributed by atoms with Gasteiger partial charge in [-0.1, -0.05) is 19.3 Å². The number of imidazole rings is 1. The summed E-state index contributed by atoms with van der Waals surface area (Å²) in [7, 11) is 0. The van der Waals surface area contributed by atoms with Crippen LogP contribution < -0.4 is 5.32 Å². The highest BCUT2D eigenvalue weighted by Crippen LogP contribution is 2.32. The number of aryl methyl sites for hydroxylation is 1. The molecule has 0 aromatic carbocycles. The molecule has 18 heavy (non-hydrogen) atoms. The first-order valence-electron chi connectivity index (χ1n) is 7.67. The van der Waals surface area contributed by atoms with Crippen LogP contribution in [-0.4, -0.2) is 22.1 Å². The van der Waals surface area contributed by atoms with Gasteiger partial charge in [-0.05, 0) is 38.6 Å². The third-order valence-electron chi connectivity index (χ3n) is 4.65. The van der Waals surface area contributed by atoms with Gasteiger partial charge in [-0.2, -0.15) is 0 Å². The van der Waals surface area contributed by atoms with E-state index >= 15 is 0 Å². The minimum absolute atomic E-state index is 0.742. The number of hydrogen-bond donors (Lipinski definition) is 1. The molecule has 1 saturated heterocycles. The van der Waals surface area contributed by atoms with E-state index in [1.807, 2.05) is 6.33 Å². The lowest BCUT2D eigenvalue weighted by Gasteiger charge is -2.23. The fraction of sp³-hybridized carbons (Fsp3) is 0.800. The molecule has 2 heterocycles. The standard InChI is InChI=1S/C15H25N3/c1-2-5-13(6-3-1)15-11-16-12-18(15)10-8-14-7-4-9-17-14/h11-14,17H,1-10H2. The molecule has 0 amide bonds. The van der Waals surface area contributed by atoms with E-state index in [0.29, 0.717) is 0 Å². The Morgan fingerprint density at radius 3 is 2.83 bits per heavy atom. The quantitative estimate of drug-likeness (QED) is 0.886. The van der Waals surface area contributed by atoms with Crippen LogP contribution >= 0.6 is 0 Å². The molecular formula is C15H25N3.